The fourth-order valence-corrected chi connectivity index (χ4v) is 5.36. The zero-order chi connectivity index (χ0) is 28.1. The van der Waals surface area contributed by atoms with Crippen LogP contribution in [0.1, 0.15) is 86.8 Å². The summed E-state index contributed by atoms with van der Waals surface area (Å²) in [6.07, 6.45) is 9.55. The molecule has 1 aromatic carbocycles. The van der Waals surface area contributed by atoms with E-state index >= 15 is 0 Å². The molecule has 2 fully saturated rings. The second-order valence-electron chi connectivity index (χ2n) is 11.2. The summed E-state index contributed by atoms with van der Waals surface area (Å²) >= 11 is 0. The van der Waals surface area contributed by atoms with Gasteiger partial charge in [-0.3, -0.25) is 4.79 Å². The monoisotopic (exact) mass is 547 g/mol. The number of aromatic nitrogens is 3. The van der Waals surface area contributed by atoms with E-state index in [1.54, 1.807) is 0 Å². The van der Waals surface area contributed by atoms with Crippen molar-refractivity contribution in [1.29, 1.82) is 0 Å². The molecule has 0 radical (unpaired) electrons. The molecule has 3 aromatic rings. The van der Waals surface area contributed by atoms with E-state index in [9.17, 15) is 9.59 Å². The number of ether oxygens (including phenoxy) is 2. The number of amides is 2. The molecule has 2 aromatic heterocycles. The Morgan fingerprint density at radius 1 is 1.02 bits per heavy atom. The molecule has 2 saturated carbocycles. The topological polar surface area (TPSA) is 118 Å². The van der Waals surface area contributed by atoms with Crippen molar-refractivity contribution in [2.45, 2.75) is 90.6 Å². The highest BCUT2D eigenvalue weighted by atomic mass is 16.5. The fraction of sp³-hybridized carbons (Fsp3) is 0.548. The van der Waals surface area contributed by atoms with Gasteiger partial charge in [0.2, 0.25) is 0 Å². The van der Waals surface area contributed by atoms with Gasteiger partial charge in [-0.15, -0.1) is 0 Å². The first-order valence-electron chi connectivity index (χ1n) is 14.8. The Balaban J connectivity index is 1.29. The molecular formula is C31H41N5O4. The van der Waals surface area contributed by atoms with Crippen LogP contribution in [0.25, 0.3) is 22.3 Å². The van der Waals surface area contributed by atoms with Crippen LogP contribution in [0.4, 0.5) is 4.79 Å². The highest BCUT2D eigenvalue weighted by Crippen LogP contribution is 2.37. The molecule has 2 aliphatic carbocycles. The van der Waals surface area contributed by atoms with E-state index in [1.165, 1.54) is 24.7 Å². The summed E-state index contributed by atoms with van der Waals surface area (Å²) in [6.45, 7) is 7.25. The van der Waals surface area contributed by atoms with Gasteiger partial charge in [-0.2, -0.15) is 0 Å². The quantitative estimate of drug-likeness (QED) is 0.259. The maximum absolute atomic E-state index is 13.5. The number of rotatable bonds is 11. The van der Waals surface area contributed by atoms with Crippen molar-refractivity contribution in [1.82, 2.24) is 25.6 Å². The van der Waals surface area contributed by atoms with Gasteiger partial charge in [0.15, 0.2) is 0 Å². The van der Waals surface area contributed by atoms with Crippen molar-refractivity contribution in [3.05, 3.63) is 41.3 Å². The van der Waals surface area contributed by atoms with E-state index in [0.717, 1.165) is 73.2 Å². The average molecular weight is 548 g/mol. The molecule has 214 valence electrons. The number of benzene rings is 1. The minimum atomic E-state index is -0.351. The van der Waals surface area contributed by atoms with Gasteiger partial charge in [0.05, 0.1) is 24.3 Å². The summed E-state index contributed by atoms with van der Waals surface area (Å²) in [7, 11) is 0. The molecule has 0 bridgehead atoms. The van der Waals surface area contributed by atoms with E-state index in [0.29, 0.717) is 30.2 Å². The summed E-state index contributed by atoms with van der Waals surface area (Å²) in [5, 5.41) is 6.17. The van der Waals surface area contributed by atoms with E-state index in [2.05, 4.69) is 51.6 Å². The lowest BCUT2D eigenvalue weighted by atomic mass is 9.91. The van der Waals surface area contributed by atoms with Crippen molar-refractivity contribution in [2.75, 3.05) is 13.2 Å². The summed E-state index contributed by atoms with van der Waals surface area (Å²) in [5.41, 5.74) is 5.51. The number of hydrogen-bond donors (Lipinski definition) is 3. The first-order chi connectivity index (χ1) is 19.5. The molecule has 40 heavy (non-hydrogen) atoms. The highest BCUT2D eigenvalue weighted by Gasteiger charge is 2.28. The molecule has 0 saturated heterocycles. The number of H-pyrrole nitrogens is 1. The molecule has 2 amide bonds. The smallest absolute Gasteiger partial charge is 0.407 e. The summed E-state index contributed by atoms with van der Waals surface area (Å²) < 4.78 is 11.4. The second-order valence-corrected chi connectivity index (χ2v) is 11.2. The van der Waals surface area contributed by atoms with Crippen molar-refractivity contribution < 1.29 is 19.1 Å². The predicted octanol–water partition coefficient (Wildman–Crippen LogP) is 5.85. The third-order valence-electron chi connectivity index (χ3n) is 7.99. The lowest BCUT2D eigenvalue weighted by molar-refractivity contribution is 0.0922. The molecule has 5 rings (SSSR count). The Hall–Kier alpha value is -3.62. The Morgan fingerprint density at radius 2 is 1.77 bits per heavy atom. The first-order valence-corrected chi connectivity index (χ1v) is 14.8. The Kier molecular flexibility index (Phi) is 8.87. The lowest BCUT2D eigenvalue weighted by Gasteiger charge is -2.29. The van der Waals surface area contributed by atoms with Crippen LogP contribution < -0.4 is 15.4 Å². The largest absolute Gasteiger partial charge is 0.493 e. The first kappa shape index (κ1) is 27.9. The molecule has 9 nitrogen and oxygen atoms in total. The lowest BCUT2D eigenvalue weighted by Crippen LogP contribution is -2.44. The van der Waals surface area contributed by atoms with Crippen LogP contribution in [0.3, 0.4) is 0 Å². The number of unbranched alkanes of at least 4 members (excludes halogenated alkanes) is 1. The molecule has 0 spiro atoms. The maximum atomic E-state index is 13.5. The van der Waals surface area contributed by atoms with Crippen LogP contribution in [0, 0.1) is 12.8 Å². The SMILES string of the molecule is CCCCOC(=O)NC1CCC(NC(=O)c2c(C)[nH]c3c(-c4cc(CC)ccc4OCC4CC4)ncnc23)CC1. The number of nitrogens with one attached hydrogen (secondary N) is 3. The van der Waals surface area contributed by atoms with Gasteiger partial charge in [0, 0.05) is 23.3 Å². The highest BCUT2D eigenvalue weighted by molar-refractivity contribution is 6.09. The van der Waals surface area contributed by atoms with E-state index in [1.807, 2.05) is 13.0 Å². The summed E-state index contributed by atoms with van der Waals surface area (Å²) in [5.74, 6) is 1.30. The predicted molar refractivity (Wildman–Crippen MR) is 155 cm³/mol. The van der Waals surface area contributed by atoms with Crippen LogP contribution in [0.5, 0.6) is 5.75 Å². The van der Waals surface area contributed by atoms with Gasteiger partial charge in [-0.05, 0) is 81.9 Å². The molecule has 0 atom stereocenters. The third-order valence-corrected chi connectivity index (χ3v) is 7.99. The van der Waals surface area contributed by atoms with Gasteiger partial charge in [-0.1, -0.05) is 26.3 Å². The van der Waals surface area contributed by atoms with Crippen LogP contribution in [-0.4, -0.2) is 52.2 Å². The molecule has 0 aliphatic heterocycles. The minimum absolute atomic E-state index is 0.0379. The van der Waals surface area contributed by atoms with E-state index in [4.69, 9.17) is 9.47 Å². The maximum Gasteiger partial charge on any atom is 0.407 e. The number of hydrogen-bond acceptors (Lipinski definition) is 6. The average Bonchev–Trinajstić information content (AvgIpc) is 3.72. The van der Waals surface area contributed by atoms with Crippen LogP contribution >= 0.6 is 0 Å². The number of alkyl carbamates (subject to hydrolysis) is 1. The van der Waals surface area contributed by atoms with Crippen molar-refractivity contribution >= 4 is 23.0 Å². The minimum Gasteiger partial charge on any atom is -0.493 e. The normalized spacial score (nSPS) is 18.9. The van der Waals surface area contributed by atoms with Crippen molar-refractivity contribution in [2.24, 2.45) is 5.92 Å². The zero-order valence-corrected chi connectivity index (χ0v) is 23.8. The van der Waals surface area contributed by atoms with Crippen LogP contribution in [-0.2, 0) is 11.2 Å². The molecule has 3 N–H and O–H groups in total. The van der Waals surface area contributed by atoms with Crippen molar-refractivity contribution in [3.8, 4) is 17.0 Å². The molecule has 9 heteroatoms. The van der Waals surface area contributed by atoms with Gasteiger partial charge in [-0.25, -0.2) is 14.8 Å². The third kappa shape index (κ3) is 6.57. The van der Waals surface area contributed by atoms with E-state index < -0.39 is 0 Å². The number of fused-ring (bicyclic) bond motifs is 1. The molecule has 0 unspecified atom stereocenters. The zero-order valence-electron chi connectivity index (χ0n) is 23.8. The summed E-state index contributed by atoms with van der Waals surface area (Å²) in [6, 6.07) is 6.37. The standard InChI is InChI=1S/C31H41N5O4/c1-4-6-15-39-31(38)36-23-12-10-22(11-13-23)35-30(37)26-19(3)34-29-27(32-18-33-28(26)29)24-16-20(5-2)9-14-25(24)40-17-21-7-8-21/h9,14,16,18,21-23,34H,4-8,10-13,15,17H2,1-3H3,(H,35,37)(H,36,38). The van der Waals surface area contributed by atoms with Gasteiger partial charge in [0.1, 0.15) is 23.3 Å². The fourth-order valence-electron chi connectivity index (χ4n) is 5.36. The Morgan fingerprint density at radius 3 is 2.48 bits per heavy atom. The molecular weight excluding hydrogens is 506 g/mol. The Labute approximate surface area is 235 Å². The molecule has 2 aliphatic rings. The summed E-state index contributed by atoms with van der Waals surface area (Å²) in [4.78, 5) is 38.1. The molecule has 2 heterocycles. The van der Waals surface area contributed by atoms with Crippen LogP contribution in [0.2, 0.25) is 0 Å². The number of aromatic amines is 1. The van der Waals surface area contributed by atoms with Gasteiger partial charge in [0.25, 0.3) is 5.91 Å². The number of carbonyl (C=O) groups excluding carboxylic acids is 2. The van der Waals surface area contributed by atoms with Gasteiger partial charge >= 0.3 is 6.09 Å². The Bertz CT molecular complexity index is 1340. The van der Waals surface area contributed by atoms with E-state index in [-0.39, 0.29) is 24.1 Å². The number of nitrogens with zero attached hydrogens (tertiary/aromatic N) is 2. The van der Waals surface area contributed by atoms with Crippen LogP contribution in [0.15, 0.2) is 24.5 Å². The second kappa shape index (κ2) is 12.7. The van der Waals surface area contributed by atoms with Gasteiger partial charge < -0.3 is 25.1 Å². The van der Waals surface area contributed by atoms with Crippen molar-refractivity contribution in [3.63, 3.8) is 0 Å². The number of carbonyl (C=O) groups is 2. The number of aryl methyl sites for hydroxylation is 2.